The van der Waals surface area contributed by atoms with Crippen LogP contribution >= 0.6 is 22.9 Å². The molecule has 0 aliphatic carbocycles. The van der Waals surface area contributed by atoms with Gasteiger partial charge < -0.3 is 0 Å². The minimum absolute atomic E-state index is 0.00374. The Hall–Kier alpha value is -2.30. The molecule has 0 spiro atoms. The summed E-state index contributed by atoms with van der Waals surface area (Å²) in [7, 11) is -3.59. The molecule has 3 aromatic carbocycles. The van der Waals surface area contributed by atoms with Gasteiger partial charge in [-0.2, -0.15) is 9.40 Å². The Balaban J connectivity index is 1.44. The Morgan fingerprint density at radius 1 is 1.03 bits per heavy atom. The second kappa shape index (κ2) is 6.89. The third kappa shape index (κ3) is 3.24. The standard InChI is InChI=1S/C21H15FIN3O2S/c22-19-10-15(14-7-8-20-18(9-14)13-26(23)24-20)5-6-16(19)11-25-12-17-3-1-2-4-21(17)29(25,27)28/h1-10,13H,11-12H2. The fraction of sp³-hybridized carbons (Fsp3) is 0.0952. The second-order valence-corrected chi connectivity index (χ2v) is 9.87. The van der Waals surface area contributed by atoms with E-state index in [4.69, 9.17) is 0 Å². The zero-order chi connectivity index (χ0) is 20.2. The van der Waals surface area contributed by atoms with E-state index >= 15 is 0 Å². The molecule has 0 N–H and O–H groups in total. The third-order valence-corrected chi connectivity index (χ3v) is 7.53. The van der Waals surface area contributed by atoms with E-state index in [1.807, 2.05) is 36.5 Å². The first-order chi connectivity index (χ1) is 13.9. The van der Waals surface area contributed by atoms with Gasteiger partial charge in [0.05, 0.1) is 33.3 Å². The molecule has 0 fully saturated rings. The van der Waals surface area contributed by atoms with Crippen molar-refractivity contribution in [2.45, 2.75) is 18.0 Å². The van der Waals surface area contributed by atoms with Gasteiger partial charge in [0.15, 0.2) is 0 Å². The number of nitrogens with zero attached hydrogens (tertiary/aromatic N) is 3. The average molecular weight is 519 g/mol. The third-order valence-electron chi connectivity index (χ3n) is 5.15. The topological polar surface area (TPSA) is 55.2 Å². The molecule has 1 aromatic heterocycles. The highest BCUT2D eigenvalue weighted by atomic mass is 127. The van der Waals surface area contributed by atoms with Crippen LogP contribution in [0.2, 0.25) is 0 Å². The number of aromatic nitrogens is 2. The Bertz CT molecular complexity index is 1370. The first kappa shape index (κ1) is 18.7. The summed E-state index contributed by atoms with van der Waals surface area (Å²) in [5.74, 6) is -0.418. The molecule has 0 atom stereocenters. The van der Waals surface area contributed by atoms with E-state index in [0.717, 1.165) is 27.6 Å². The van der Waals surface area contributed by atoms with Crippen molar-refractivity contribution in [2.75, 3.05) is 0 Å². The first-order valence-corrected chi connectivity index (χ1v) is 11.3. The summed E-state index contributed by atoms with van der Waals surface area (Å²) in [5.41, 5.74) is 3.59. The van der Waals surface area contributed by atoms with Crippen LogP contribution in [0.25, 0.3) is 22.0 Å². The monoisotopic (exact) mass is 519 g/mol. The van der Waals surface area contributed by atoms with Gasteiger partial charge >= 0.3 is 0 Å². The van der Waals surface area contributed by atoms with Gasteiger partial charge in [-0.3, -0.25) is 0 Å². The SMILES string of the molecule is O=S1(=O)c2ccccc2CN1Cc1ccc(-c2ccc3nn(I)cc3c2)cc1F. The van der Waals surface area contributed by atoms with Gasteiger partial charge in [0.1, 0.15) is 5.82 Å². The second-order valence-electron chi connectivity index (χ2n) is 6.98. The number of benzene rings is 3. The summed E-state index contributed by atoms with van der Waals surface area (Å²) < 4.78 is 43.3. The van der Waals surface area contributed by atoms with E-state index in [1.54, 1.807) is 27.2 Å². The molecule has 1 aliphatic rings. The first-order valence-electron chi connectivity index (χ1n) is 8.94. The molecular weight excluding hydrogens is 504 g/mol. The van der Waals surface area contributed by atoms with Crippen molar-refractivity contribution in [3.63, 3.8) is 0 Å². The molecule has 1 aliphatic heterocycles. The van der Waals surface area contributed by atoms with E-state index < -0.39 is 15.8 Å². The zero-order valence-electron chi connectivity index (χ0n) is 15.1. The Labute approximate surface area is 181 Å². The quantitative estimate of drug-likeness (QED) is 0.368. The molecule has 0 saturated heterocycles. The van der Waals surface area contributed by atoms with E-state index in [9.17, 15) is 12.8 Å². The fourth-order valence-electron chi connectivity index (χ4n) is 3.66. The van der Waals surface area contributed by atoms with Crippen LogP contribution in [0.1, 0.15) is 11.1 Å². The number of fused-ring (bicyclic) bond motifs is 2. The lowest BCUT2D eigenvalue weighted by Gasteiger charge is -2.15. The number of rotatable bonds is 3. The van der Waals surface area contributed by atoms with E-state index in [-0.39, 0.29) is 13.1 Å². The van der Waals surface area contributed by atoms with E-state index in [1.165, 1.54) is 10.4 Å². The molecule has 4 aromatic rings. The largest absolute Gasteiger partial charge is 0.244 e. The molecule has 5 nitrogen and oxygen atoms in total. The van der Waals surface area contributed by atoms with Crippen molar-refractivity contribution in [3.05, 3.63) is 83.8 Å². The minimum Gasteiger partial charge on any atom is -0.210 e. The maximum Gasteiger partial charge on any atom is 0.244 e. The summed E-state index contributed by atoms with van der Waals surface area (Å²) in [4.78, 5) is 0.307. The normalized spacial score (nSPS) is 15.7. The Morgan fingerprint density at radius 3 is 2.59 bits per heavy atom. The minimum atomic E-state index is -3.59. The molecule has 29 heavy (non-hydrogen) atoms. The van der Waals surface area contributed by atoms with E-state index in [2.05, 4.69) is 28.0 Å². The van der Waals surface area contributed by atoms with Gasteiger partial charge in [0.2, 0.25) is 10.0 Å². The summed E-state index contributed by atoms with van der Waals surface area (Å²) in [6.07, 6.45) is 1.90. The predicted molar refractivity (Wildman–Crippen MR) is 117 cm³/mol. The molecule has 0 saturated carbocycles. The molecule has 0 bridgehead atoms. The zero-order valence-corrected chi connectivity index (χ0v) is 18.1. The van der Waals surface area contributed by atoms with Crippen molar-refractivity contribution in [1.82, 2.24) is 12.3 Å². The predicted octanol–water partition coefficient (Wildman–Crippen LogP) is 4.75. The smallest absolute Gasteiger partial charge is 0.210 e. The van der Waals surface area contributed by atoms with Crippen LogP contribution in [0.3, 0.4) is 0 Å². The molecule has 146 valence electrons. The van der Waals surface area contributed by atoms with Crippen molar-refractivity contribution >= 4 is 43.8 Å². The van der Waals surface area contributed by atoms with Gasteiger partial charge in [-0.1, -0.05) is 36.4 Å². The number of hydrogen-bond acceptors (Lipinski definition) is 3. The van der Waals surface area contributed by atoms with Crippen molar-refractivity contribution in [3.8, 4) is 11.1 Å². The Morgan fingerprint density at radius 2 is 1.79 bits per heavy atom. The molecule has 8 heteroatoms. The summed E-state index contributed by atoms with van der Waals surface area (Å²) in [6, 6.07) is 17.6. The maximum absolute atomic E-state index is 14.8. The van der Waals surface area contributed by atoms with Crippen LogP contribution in [0.4, 0.5) is 4.39 Å². The summed E-state index contributed by atoms with van der Waals surface area (Å²) >= 11 is 2.09. The fourth-order valence-corrected chi connectivity index (χ4v) is 5.80. The number of hydrogen-bond donors (Lipinski definition) is 0. The van der Waals surface area contributed by atoms with Crippen molar-refractivity contribution in [2.24, 2.45) is 0 Å². The van der Waals surface area contributed by atoms with Crippen LogP contribution in [-0.4, -0.2) is 20.7 Å². The van der Waals surface area contributed by atoms with Crippen molar-refractivity contribution < 1.29 is 12.8 Å². The van der Waals surface area contributed by atoms with Gasteiger partial charge in [0, 0.05) is 30.2 Å². The van der Waals surface area contributed by atoms with Crippen LogP contribution in [0.15, 0.2) is 71.8 Å². The maximum atomic E-state index is 14.8. The van der Waals surface area contributed by atoms with Gasteiger partial charge in [-0.25, -0.2) is 15.7 Å². The van der Waals surface area contributed by atoms with Crippen LogP contribution in [0.5, 0.6) is 0 Å². The molecular formula is C21H15FIN3O2S. The lowest BCUT2D eigenvalue weighted by atomic mass is 10.0. The van der Waals surface area contributed by atoms with Gasteiger partial charge in [-0.05, 0) is 41.0 Å². The van der Waals surface area contributed by atoms with E-state index in [0.29, 0.717) is 10.5 Å². The molecule has 5 rings (SSSR count). The highest BCUT2D eigenvalue weighted by molar-refractivity contribution is 14.1. The lowest BCUT2D eigenvalue weighted by molar-refractivity contribution is 0.411. The van der Waals surface area contributed by atoms with Crippen LogP contribution < -0.4 is 0 Å². The van der Waals surface area contributed by atoms with Crippen LogP contribution in [-0.2, 0) is 23.1 Å². The summed E-state index contributed by atoms with van der Waals surface area (Å²) in [5, 5.41) is 5.31. The summed E-state index contributed by atoms with van der Waals surface area (Å²) in [6.45, 7) is 0.264. The average Bonchev–Trinajstić information content (AvgIpc) is 3.19. The van der Waals surface area contributed by atoms with Crippen molar-refractivity contribution in [1.29, 1.82) is 0 Å². The molecule has 0 amide bonds. The highest BCUT2D eigenvalue weighted by Gasteiger charge is 2.34. The molecule has 0 radical (unpaired) electrons. The highest BCUT2D eigenvalue weighted by Crippen LogP contribution is 2.32. The van der Waals surface area contributed by atoms with Gasteiger partial charge in [-0.15, -0.1) is 0 Å². The number of sulfonamides is 1. The Kier molecular flexibility index (Phi) is 4.45. The van der Waals surface area contributed by atoms with Gasteiger partial charge in [0.25, 0.3) is 0 Å². The lowest BCUT2D eigenvalue weighted by Crippen LogP contribution is -2.24. The van der Waals surface area contributed by atoms with Crippen LogP contribution in [0, 0.1) is 5.82 Å². The number of halogens is 2. The molecule has 2 heterocycles. The molecule has 0 unspecified atom stereocenters.